The number of nitriles is 1. The highest BCUT2D eigenvalue weighted by molar-refractivity contribution is 5.90. The number of phenolic OH excluding ortho intramolecular Hbond substituents is 1. The number of aliphatic carboxylic acids is 1. The number of methoxy groups -OCH3 is 2. The number of phenols is 1. The molecule has 1 aromatic carbocycles. The van der Waals surface area contributed by atoms with Gasteiger partial charge in [-0.3, -0.25) is 28.9 Å². The summed E-state index contributed by atoms with van der Waals surface area (Å²) in [5.41, 5.74) is 0.663. The molecule has 1 heterocycles. The van der Waals surface area contributed by atoms with E-state index in [1.807, 2.05) is 60.5 Å². The van der Waals surface area contributed by atoms with E-state index in [1.54, 1.807) is 35.9 Å². The number of likely N-dealkylation sites (tertiary alicyclic amines) is 1. The monoisotopic (exact) mass is 784 g/mol. The predicted molar refractivity (Wildman–Crippen MR) is 213 cm³/mol. The molecule has 0 spiro atoms. The van der Waals surface area contributed by atoms with Crippen molar-refractivity contribution in [3.8, 4) is 11.8 Å². The first-order chi connectivity index (χ1) is 26.2. The summed E-state index contributed by atoms with van der Waals surface area (Å²) in [7, 11) is 8.40. The zero-order chi connectivity index (χ0) is 42.6. The number of hydrogen-bond donors (Lipinski definition) is 2. The minimum Gasteiger partial charge on any atom is -0.508 e. The average Bonchev–Trinajstić information content (AvgIpc) is 3.57. The Morgan fingerprint density at radius 2 is 1.52 bits per heavy atom. The Morgan fingerprint density at radius 3 is 1.98 bits per heavy atom. The zero-order valence-corrected chi connectivity index (χ0v) is 35.7. The lowest BCUT2D eigenvalue weighted by Crippen LogP contribution is -2.54. The Morgan fingerprint density at radius 1 is 0.911 bits per heavy atom. The third kappa shape index (κ3) is 12.6. The van der Waals surface area contributed by atoms with Crippen molar-refractivity contribution in [3.05, 3.63) is 29.8 Å². The molecular formula is C43H68N4O9. The van der Waals surface area contributed by atoms with Crippen LogP contribution >= 0.6 is 0 Å². The molecular weight excluding hydrogens is 716 g/mol. The van der Waals surface area contributed by atoms with Crippen molar-refractivity contribution in [2.45, 2.75) is 117 Å². The second-order valence-corrected chi connectivity index (χ2v) is 16.7. The number of benzene rings is 1. The van der Waals surface area contributed by atoms with Crippen molar-refractivity contribution in [3.63, 3.8) is 0 Å². The molecule has 314 valence electrons. The van der Waals surface area contributed by atoms with E-state index in [0.717, 1.165) is 0 Å². The minimum absolute atomic E-state index is 0.00682. The molecule has 1 aromatic rings. The van der Waals surface area contributed by atoms with E-state index in [4.69, 9.17) is 9.47 Å². The highest BCUT2D eigenvalue weighted by Gasteiger charge is 2.46. The lowest BCUT2D eigenvalue weighted by Gasteiger charge is -2.41. The molecule has 0 bridgehead atoms. The van der Waals surface area contributed by atoms with Gasteiger partial charge in [0, 0.05) is 52.5 Å². The molecule has 1 aliphatic heterocycles. The first-order valence-corrected chi connectivity index (χ1v) is 20.0. The van der Waals surface area contributed by atoms with Gasteiger partial charge in [-0.2, -0.15) is 5.26 Å². The largest absolute Gasteiger partial charge is 0.508 e. The van der Waals surface area contributed by atoms with E-state index in [2.05, 4.69) is 6.07 Å². The quantitative estimate of drug-likeness (QED) is 0.151. The van der Waals surface area contributed by atoms with Gasteiger partial charge >= 0.3 is 5.97 Å². The molecule has 0 radical (unpaired) electrons. The summed E-state index contributed by atoms with van der Waals surface area (Å²) in [6.07, 6.45) is -0.766. The van der Waals surface area contributed by atoms with Crippen LogP contribution in [-0.2, 0) is 39.9 Å². The number of likely N-dealkylation sites (N-methyl/N-ethyl adjacent to an activating group) is 2. The van der Waals surface area contributed by atoms with Crippen LogP contribution in [-0.4, -0.2) is 127 Å². The van der Waals surface area contributed by atoms with E-state index >= 15 is 0 Å². The van der Waals surface area contributed by atoms with Crippen molar-refractivity contribution in [2.24, 2.45) is 41.4 Å². The summed E-state index contributed by atoms with van der Waals surface area (Å²) in [6.45, 7) is 13.7. The number of Topliss-reactive ketones (excluding diaryl/α,β-unsaturated/α-hetero) is 2. The van der Waals surface area contributed by atoms with Gasteiger partial charge in [0.05, 0.1) is 54.7 Å². The Bertz CT molecular complexity index is 1500. The third-order valence-electron chi connectivity index (χ3n) is 11.9. The molecule has 1 aliphatic rings. The smallest absolute Gasteiger partial charge is 0.307 e. The highest BCUT2D eigenvalue weighted by Crippen LogP contribution is 2.34. The van der Waals surface area contributed by atoms with Gasteiger partial charge in [-0.1, -0.05) is 67.0 Å². The van der Waals surface area contributed by atoms with Crippen molar-refractivity contribution < 1.29 is 43.7 Å². The van der Waals surface area contributed by atoms with Crippen molar-refractivity contribution in [1.29, 1.82) is 5.26 Å². The normalized spacial score (nSPS) is 20.1. The molecule has 0 aliphatic carbocycles. The predicted octanol–water partition coefficient (Wildman–Crippen LogP) is 5.08. The number of ketones is 2. The van der Waals surface area contributed by atoms with Crippen LogP contribution < -0.4 is 0 Å². The highest BCUT2D eigenvalue weighted by atomic mass is 16.5. The number of nitrogens with zero attached hydrogens (tertiary/aromatic N) is 4. The lowest BCUT2D eigenvalue weighted by molar-refractivity contribution is -0.149. The van der Waals surface area contributed by atoms with Gasteiger partial charge in [0.25, 0.3) is 0 Å². The fourth-order valence-electron chi connectivity index (χ4n) is 8.51. The molecule has 2 rings (SSSR count). The molecule has 1 fully saturated rings. The topological polar surface area (TPSA) is 178 Å². The zero-order valence-electron chi connectivity index (χ0n) is 35.7. The maximum absolute atomic E-state index is 14.3. The van der Waals surface area contributed by atoms with Gasteiger partial charge in [-0.25, -0.2) is 0 Å². The van der Waals surface area contributed by atoms with Crippen LogP contribution in [0.2, 0.25) is 0 Å². The van der Waals surface area contributed by atoms with Gasteiger partial charge in [-0.15, -0.1) is 0 Å². The van der Waals surface area contributed by atoms with Crippen molar-refractivity contribution >= 4 is 29.4 Å². The van der Waals surface area contributed by atoms with E-state index in [0.29, 0.717) is 12.0 Å². The molecule has 2 amide bonds. The summed E-state index contributed by atoms with van der Waals surface area (Å²) < 4.78 is 11.9. The number of carboxylic acids is 1. The molecule has 13 heteroatoms. The second kappa shape index (κ2) is 22.2. The fraction of sp³-hybridized carbons (Fsp3) is 0.721. The fourth-order valence-corrected chi connectivity index (χ4v) is 8.51. The minimum atomic E-state index is -1.13. The van der Waals surface area contributed by atoms with Crippen LogP contribution in [0.1, 0.15) is 86.1 Å². The summed E-state index contributed by atoms with van der Waals surface area (Å²) in [5, 5.41) is 29.6. The van der Waals surface area contributed by atoms with E-state index in [1.165, 1.54) is 26.4 Å². The summed E-state index contributed by atoms with van der Waals surface area (Å²) in [6, 6.07) is 6.95. The number of ether oxygens (including phenoxy) is 2. The van der Waals surface area contributed by atoms with Crippen LogP contribution in [0.25, 0.3) is 0 Å². The third-order valence-corrected chi connectivity index (χ3v) is 11.9. The number of hydrogen-bond acceptors (Lipinski definition) is 10. The summed E-state index contributed by atoms with van der Waals surface area (Å²) in [4.78, 5) is 73.2. The maximum Gasteiger partial charge on any atom is 0.307 e. The maximum atomic E-state index is 14.3. The van der Waals surface area contributed by atoms with E-state index < -0.39 is 53.9 Å². The average molecular weight is 785 g/mol. The van der Waals surface area contributed by atoms with Crippen molar-refractivity contribution in [1.82, 2.24) is 14.7 Å². The van der Waals surface area contributed by atoms with Gasteiger partial charge in [0.2, 0.25) is 11.8 Å². The summed E-state index contributed by atoms with van der Waals surface area (Å²) in [5.74, 6) is -4.93. The van der Waals surface area contributed by atoms with Crippen LogP contribution in [0.3, 0.4) is 0 Å². The second-order valence-electron chi connectivity index (χ2n) is 16.7. The lowest BCUT2D eigenvalue weighted by atomic mass is 9.83. The molecule has 10 atom stereocenters. The van der Waals surface area contributed by atoms with Crippen LogP contribution in [0.4, 0.5) is 0 Å². The molecule has 13 nitrogen and oxygen atoms in total. The van der Waals surface area contributed by atoms with E-state index in [-0.39, 0.29) is 91.6 Å². The molecule has 0 saturated carbocycles. The Labute approximate surface area is 334 Å². The van der Waals surface area contributed by atoms with Gasteiger partial charge < -0.3 is 29.5 Å². The SMILES string of the molecule is CC[C@H](C)[C@@H]([C@@H](CC(=O)N1C[C@H](C#N)C[C@H]1[C@H](OC)[C@@H](C)C(=O)C[C@@H](Cc1ccc(O)cc1)C(=O)O)OC)N(C)C(=O)[C@@H](CC(=O)[C@H](C(C)C)N(C)C)C(C)C. The Kier molecular flexibility index (Phi) is 19.1. The van der Waals surface area contributed by atoms with Gasteiger partial charge in [0.15, 0.2) is 5.78 Å². The molecule has 2 N–H and O–H groups in total. The molecule has 1 saturated heterocycles. The van der Waals surface area contributed by atoms with Gasteiger partial charge in [0.1, 0.15) is 11.5 Å². The van der Waals surface area contributed by atoms with Crippen LogP contribution in [0.5, 0.6) is 5.75 Å². The molecule has 0 aromatic heterocycles. The van der Waals surface area contributed by atoms with Crippen molar-refractivity contribution in [2.75, 3.05) is 41.9 Å². The number of amides is 2. The molecule has 0 unspecified atom stereocenters. The van der Waals surface area contributed by atoms with Crippen LogP contribution in [0, 0.1) is 52.8 Å². The Balaban J connectivity index is 2.36. The Hall–Kier alpha value is -3.86. The number of carbonyl (C=O) groups is 5. The van der Waals surface area contributed by atoms with Crippen LogP contribution in [0.15, 0.2) is 24.3 Å². The number of carbonyl (C=O) groups excluding carboxylic acids is 4. The number of aromatic hydroxyl groups is 1. The van der Waals surface area contributed by atoms with Gasteiger partial charge in [-0.05, 0) is 62.4 Å². The summed E-state index contributed by atoms with van der Waals surface area (Å²) >= 11 is 0. The first-order valence-electron chi connectivity index (χ1n) is 20.0. The first kappa shape index (κ1) is 48.3. The molecule has 56 heavy (non-hydrogen) atoms. The van der Waals surface area contributed by atoms with E-state index in [9.17, 15) is 39.4 Å². The standard InChI is InChI=1S/C43H68N4O9/c1-13-27(6)40(46(10)42(52)33(25(2)3)21-36(50)39(26(4)5)45(8)9)37(55-11)22-38(51)47-24-30(23-44)19-34(47)41(56-12)28(7)35(49)20-31(43(53)54)18-29-14-16-32(48)17-15-29/h14-17,25-28,30-31,33-34,37,39-41,48H,13,18-22,24H2,1-12H3,(H,53,54)/t27-,28-,30-,31+,33-,34-,37+,39-,40-,41+/m0/s1. The number of carboxylic acid groups (broad SMARTS) is 1. The number of rotatable bonds is 23.